The summed E-state index contributed by atoms with van der Waals surface area (Å²) in [4.78, 5) is 9.38. The number of nitrogens with one attached hydrogen (secondary N) is 1. The number of aliphatic imine (C=N–C) groups is 1. The Morgan fingerprint density at radius 1 is 1.21 bits per heavy atom. The standard InChI is InChI=1S/C23H38N4O2/c1-20-5-3-6-22(17-20)18-26-10-12-27(13-11-26)23(24-2)25-9-4-14-29-19-21-7-15-28-16-8-21/h3,5-6,17,21H,4,7-16,18-19H2,1-2H3,(H,24,25). The van der Waals surface area contributed by atoms with Crippen molar-refractivity contribution in [2.45, 2.75) is 32.7 Å². The molecular formula is C23H38N4O2. The van der Waals surface area contributed by atoms with Crippen molar-refractivity contribution in [1.82, 2.24) is 15.1 Å². The third kappa shape index (κ3) is 7.61. The van der Waals surface area contributed by atoms with Gasteiger partial charge in [-0.3, -0.25) is 9.89 Å². The summed E-state index contributed by atoms with van der Waals surface area (Å²) in [6, 6.07) is 8.83. The van der Waals surface area contributed by atoms with E-state index < -0.39 is 0 Å². The largest absolute Gasteiger partial charge is 0.381 e. The minimum Gasteiger partial charge on any atom is -0.381 e. The first-order valence-electron chi connectivity index (χ1n) is 11.1. The fraction of sp³-hybridized carbons (Fsp3) is 0.696. The Kier molecular flexibility index (Phi) is 9.25. The highest BCUT2D eigenvalue weighted by Crippen LogP contribution is 2.14. The average molecular weight is 403 g/mol. The topological polar surface area (TPSA) is 49.3 Å². The Morgan fingerprint density at radius 3 is 2.72 bits per heavy atom. The molecule has 29 heavy (non-hydrogen) atoms. The number of nitrogens with zero attached hydrogens (tertiary/aromatic N) is 3. The highest BCUT2D eigenvalue weighted by molar-refractivity contribution is 5.79. The lowest BCUT2D eigenvalue weighted by molar-refractivity contribution is 0.0203. The van der Waals surface area contributed by atoms with Gasteiger partial charge in [-0.2, -0.15) is 0 Å². The monoisotopic (exact) mass is 402 g/mol. The molecule has 0 unspecified atom stereocenters. The third-order valence-corrected chi connectivity index (χ3v) is 5.82. The average Bonchev–Trinajstić information content (AvgIpc) is 2.75. The van der Waals surface area contributed by atoms with Crippen LogP contribution in [-0.2, 0) is 16.0 Å². The summed E-state index contributed by atoms with van der Waals surface area (Å²) in [7, 11) is 1.88. The van der Waals surface area contributed by atoms with E-state index in [1.807, 2.05) is 7.05 Å². The van der Waals surface area contributed by atoms with E-state index >= 15 is 0 Å². The molecule has 0 saturated carbocycles. The van der Waals surface area contributed by atoms with Gasteiger partial charge in [-0.05, 0) is 37.7 Å². The van der Waals surface area contributed by atoms with Crippen LogP contribution in [0.25, 0.3) is 0 Å². The summed E-state index contributed by atoms with van der Waals surface area (Å²) in [5.41, 5.74) is 2.74. The lowest BCUT2D eigenvalue weighted by atomic mass is 10.0. The van der Waals surface area contributed by atoms with E-state index in [4.69, 9.17) is 9.47 Å². The molecule has 0 radical (unpaired) electrons. The molecule has 2 aliphatic rings. The predicted molar refractivity (Wildman–Crippen MR) is 118 cm³/mol. The summed E-state index contributed by atoms with van der Waals surface area (Å²) in [6.07, 6.45) is 3.29. The number of aryl methyl sites for hydroxylation is 1. The molecule has 2 fully saturated rings. The maximum Gasteiger partial charge on any atom is 0.193 e. The Bertz CT molecular complexity index is 623. The van der Waals surface area contributed by atoms with Crippen LogP contribution in [0.5, 0.6) is 0 Å². The van der Waals surface area contributed by atoms with Crippen LogP contribution in [0, 0.1) is 12.8 Å². The number of ether oxygens (including phenoxy) is 2. The molecule has 1 aromatic rings. The third-order valence-electron chi connectivity index (χ3n) is 5.82. The highest BCUT2D eigenvalue weighted by Gasteiger charge is 2.19. The molecular weight excluding hydrogens is 364 g/mol. The van der Waals surface area contributed by atoms with E-state index in [2.05, 4.69) is 51.3 Å². The lowest BCUT2D eigenvalue weighted by Crippen LogP contribution is -2.52. The zero-order chi connectivity index (χ0) is 20.3. The molecule has 0 spiro atoms. The Labute approximate surface area is 176 Å². The number of benzene rings is 1. The van der Waals surface area contributed by atoms with Gasteiger partial charge < -0.3 is 19.7 Å². The summed E-state index contributed by atoms with van der Waals surface area (Å²) < 4.78 is 11.3. The number of piperazine rings is 1. The molecule has 2 heterocycles. The normalized spacial score (nSPS) is 19.5. The molecule has 0 aliphatic carbocycles. The molecule has 1 N–H and O–H groups in total. The zero-order valence-electron chi connectivity index (χ0n) is 18.2. The van der Waals surface area contributed by atoms with Gasteiger partial charge >= 0.3 is 0 Å². The summed E-state index contributed by atoms with van der Waals surface area (Å²) in [6.45, 7) is 11.8. The van der Waals surface area contributed by atoms with Gasteiger partial charge in [0.15, 0.2) is 5.96 Å². The van der Waals surface area contributed by atoms with Gasteiger partial charge in [0, 0.05) is 72.7 Å². The van der Waals surface area contributed by atoms with Crippen molar-refractivity contribution in [3.05, 3.63) is 35.4 Å². The molecule has 6 nitrogen and oxygen atoms in total. The Hall–Kier alpha value is -1.63. The van der Waals surface area contributed by atoms with Gasteiger partial charge in [0.05, 0.1) is 0 Å². The van der Waals surface area contributed by atoms with Crippen LogP contribution in [0.4, 0.5) is 0 Å². The van der Waals surface area contributed by atoms with E-state index in [0.29, 0.717) is 5.92 Å². The number of guanidine groups is 1. The van der Waals surface area contributed by atoms with Gasteiger partial charge in [-0.15, -0.1) is 0 Å². The smallest absolute Gasteiger partial charge is 0.193 e. The minimum absolute atomic E-state index is 0.681. The van der Waals surface area contributed by atoms with Crippen LogP contribution in [0.2, 0.25) is 0 Å². The predicted octanol–water partition coefficient (Wildman–Crippen LogP) is 2.52. The highest BCUT2D eigenvalue weighted by atomic mass is 16.5. The van der Waals surface area contributed by atoms with E-state index in [-0.39, 0.29) is 0 Å². The van der Waals surface area contributed by atoms with Crippen molar-refractivity contribution < 1.29 is 9.47 Å². The van der Waals surface area contributed by atoms with Crippen LogP contribution in [-0.4, -0.2) is 82.0 Å². The fourth-order valence-corrected chi connectivity index (χ4v) is 4.06. The molecule has 6 heteroatoms. The second kappa shape index (κ2) is 12.2. The van der Waals surface area contributed by atoms with E-state index in [1.165, 1.54) is 11.1 Å². The van der Waals surface area contributed by atoms with Gasteiger partial charge in [0.2, 0.25) is 0 Å². The van der Waals surface area contributed by atoms with Crippen molar-refractivity contribution in [3.63, 3.8) is 0 Å². The maximum atomic E-state index is 5.86. The molecule has 0 atom stereocenters. The van der Waals surface area contributed by atoms with Crippen molar-refractivity contribution in [2.75, 3.05) is 66.2 Å². The number of hydrogen-bond acceptors (Lipinski definition) is 4. The molecule has 2 aliphatic heterocycles. The van der Waals surface area contributed by atoms with Crippen LogP contribution < -0.4 is 5.32 Å². The van der Waals surface area contributed by atoms with Crippen LogP contribution in [0.1, 0.15) is 30.4 Å². The first kappa shape index (κ1) is 22.1. The SMILES string of the molecule is CN=C(NCCCOCC1CCOCC1)N1CCN(Cc2cccc(C)c2)CC1. The molecule has 0 amide bonds. The quantitative estimate of drug-likeness (QED) is 0.411. The lowest BCUT2D eigenvalue weighted by Gasteiger charge is -2.36. The van der Waals surface area contributed by atoms with E-state index in [0.717, 1.165) is 90.9 Å². The van der Waals surface area contributed by atoms with Crippen molar-refractivity contribution in [2.24, 2.45) is 10.9 Å². The van der Waals surface area contributed by atoms with E-state index in [1.54, 1.807) is 0 Å². The molecule has 2 saturated heterocycles. The molecule has 162 valence electrons. The summed E-state index contributed by atoms with van der Waals surface area (Å²) in [5, 5.41) is 3.51. The van der Waals surface area contributed by atoms with Gasteiger partial charge in [0.25, 0.3) is 0 Å². The Morgan fingerprint density at radius 2 is 2.00 bits per heavy atom. The zero-order valence-corrected chi connectivity index (χ0v) is 18.2. The minimum atomic E-state index is 0.681. The second-order valence-electron chi connectivity index (χ2n) is 8.21. The van der Waals surface area contributed by atoms with E-state index in [9.17, 15) is 0 Å². The van der Waals surface area contributed by atoms with Crippen molar-refractivity contribution >= 4 is 5.96 Å². The van der Waals surface area contributed by atoms with Crippen LogP contribution in [0.15, 0.2) is 29.3 Å². The second-order valence-corrected chi connectivity index (χ2v) is 8.21. The molecule has 0 bridgehead atoms. The maximum absolute atomic E-state index is 5.86. The Balaban J connectivity index is 1.28. The van der Waals surface area contributed by atoms with Crippen LogP contribution >= 0.6 is 0 Å². The fourth-order valence-electron chi connectivity index (χ4n) is 4.06. The number of hydrogen-bond donors (Lipinski definition) is 1. The van der Waals surface area contributed by atoms with Crippen molar-refractivity contribution in [3.8, 4) is 0 Å². The first-order chi connectivity index (χ1) is 14.2. The molecule has 3 rings (SSSR count). The van der Waals surface area contributed by atoms with Gasteiger partial charge in [0.1, 0.15) is 0 Å². The van der Waals surface area contributed by atoms with Crippen LogP contribution in [0.3, 0.4) is 0 Å². The first-order valence-corrected chi connectivity index (χ1v) is 11.1. The molecule has 0 aromatic heterocycles. The number of rotatable bonds is 8. The molecule has 1 aromatic carbocycles. The van der Waals surface area contributed by atoms with Gasteiger partial charge in [-0.25, -0.2) is 0 Å². The van der Waals surface area contributed by atoms with Crippen molar-refractivity contribution in [1.29, 1.82) is 0 Å². The van der Waals surface area contributed by atoms with Gasteiger partial charge in [-0.1, -0.05) is 29.8 Å². The summed E-state index contributed by atoms with van der Waals surface area (Å²) in [5.74, 6) is 1.70. The summed E-state index contributed by atoms with van der Waals surface area (Å²) >= 11 is 0.